The Morgan fingerprint density at radius 2 is 1.73 bits per heavy atom. The first-order valence-electron chi connectivity index (χ1n) is 8.84. The molecule has 26 heavy (non-hydrogen) atoms. The minimum absolute atomic E-state index is 0.112. The van der Waals surface area contributed by atoms with Gasteiger partial charge in [0.1, 0.15) is 5.60 Å². The van der Waals surface area contributed by atoms with Crippen LogP contribution in [0.3, 0.4) is 0 Å². The van der Waals surface area contributed by atoms with E-state index in [1.54, 1.807) is 6.07 Å². The fourth-order valence-corrected chi connectivity index (χ4v) is 3.59. The van der Waals surface area contributed by atoms with Crippen molar-refractivity contribution in [1.29, 1.82) is 0 Å². The van der Waals surface area contributed by atoms with Gasteiger partial charge in [-0.05, 0) is 71.1 Å². The maximum atomic E-state index is 11.9. The number of nitrogens with one attached hydrogen (secondary N) is 2. The number of aromatic carboxylic acids is 1. The van der Waals surface area contributed by atoms with E-state index in [0.717, 1.165) is 41.4 Å². The Hall–Kier alpha value is -1.76. The van der Waals surface area contributed by atoms with Crippen LogP contribution in [-0.4, -0.2) is 34.9 Å². The standard InChI is InChI=1S/C19H27BrN2O4/c1-11-15(17(23)24)9-12(20)10-16(11)21-13-5-7-14(8-6-13)22-18(25)26-19(2,3)4/h9-10,13-14,21H,5-8H2,1-4H3,(H,22,25)(H,23,24). The number of alkyl carbamates (subject to hydrolysis) is 1. The van der Waals surface area contributed by atoms with E-state index < -0.39 is 11.6 Å². The number of hydrogen-bond acceptors (Lipinski definition) is 4. The molecule has 1 aliphatic carbocycles. The molecule has 1 aromatic carbocycles. The monoisotopic (exact) mass is 426 g/mol. The zero-order valence-electron chi connectivity index (χ0n) is 15.7. The van der Waals surface area contributed by atoms with Gasteiger partial charge in [0.15, 0.2) is 0 Å². The number of benzene rings is 1. The lowest BCUT2D eigenvalue weighted by Crippen LogP contribution is -2.42. The van der Waals surface area contributed by atoms with Crippen LogP contribution in [0.1, 0.15) is 62.4 Å². The summed E-state index contributed by atoms with van der Waals surface area (Å²) in [4.78, 5) is 23.2. The minimum atomic E-state index is -0.933. The summed E-state index contributed by atoms with van der Waals surface area (Å²) in [6, 6.07) is 3.89. The molecule has 144 valence electrons. The van der Waals surface area contributed by atoms with Crippen LogP contribution >= 0.6 is 15.9 Å². The number of hydrogen-bond donors (Lipinski definition) is 3. The van der Waals surface area contributed by atoms with Gasteiger partial charge in [-0.15, -0.1) is 0 Å². The Balaban J connectivity index is 1.91. The maximum absolute atomic E-state index is 11.9. The molecular formula is C19H27BrN2O4. The topological polar surface area (TPSA) is 87.7 Å². The third-order valence-electron chi connectivity index (χ3n) is 4.41. The van der Waals surface area contributed by atoms with Crippen molar-refractivity contribution in [3.8, 4) is 0 Å². The van der Waals surface area contributed by atoms with E-state index >= 15 is 0 Å². The van der Waals surface area contributed by atoms with Crippen LogP contribution in [0.15, 0.2) is 16.6 Å². The second-order valence-electron chi connectivity index (χ2n) is 7.77. The summed E-state index contributed by atoms with van der Waals surface area (Å²) < 4.78 is 6.04. The van der Waals surface area contributed by atoms with Crippen molar-refractivity contribution in [1.82, 2.24) is 5.32 Å². The van der Waals surface area contributed by atoms with Crippen molar-refractivity contribution in [2.75, 3.05) is 5.32 Å². The van der Waals surface area contributed by atoms with Gasteiger partial charge in [0, 0.05) is 22.2 Å². The van der Waals surface area contributed by atoms with Crippen LogP contribution in [0.2, 0.25) is 0 Å². The lowest BCUT2D eigenvalue weighted by atomic mass is 9.90. The van der Waals surface area contributed by atoms with E-state index in [1.807, 2.05) is 33.8 Å². The van der Waals surface area contributed by atoms with Crippen LogP contribution in [0.5, 0.6) is 0 Å². The number of amides is 1. The molecule has 1 amide bonds. The molecule has 0 radical (unpaired) electrons. The summed E-state index contributed by atoms with van der Waals surface area (Å²) in [7, 11) is 0. The molecule has 0 bridgehead atoms. The zero-order valence-corrected chi connectivity index (χ0v) is 17.3. The van der Waals surface area contributed by atoms with Crippen molar-refractivity contribution in [3.05, 3.63) is 27.7 Å². The van der Waals surface area contributed by atoms with Gasteiger partial charge in [0.2, 0.25) is 0 Å². The summed E-state index contributed by atoms with van der Waals surface area (Å²) in [5.41, 5.74) is 1.36. The average molecular weight is 427 g/mol. The van der Waals surface area contributed by atoms with Gasteiger partial charge >= 0.3 is 12.1 Å². The number of ether oxygens (including phenoxy) is 1. The summed E-state index contributed by atoms with van der Waals surface area (Å²) in [5.74, 6) is -0.933. The third-order valence-corrected chi connectivity index (χ3v) is 4.87. The highest BCUT2D eigenvalue weighted by Gasteiger charge is 2.25. The summed E-state index contributed by atoms with van der Waals surface area (Å²) in [6.07, 6.45) is 3.14. The minimum Gasteiger partial charge on any atom is -0.478 e. The van der Waals surface area contributed by atoms with Crippen LogP contribution in [0.25, 0.3) is 0 Å². The number of carboxylic acid groups (broad SMARTS) is 1. The molecular weight excluding hydrogens is 400 g/mol. The van der Waals surface area contributed by atoms with Crippen LogP contribution < -0.4 is 10.6 Å². The van der Waals surface area contributed by atoms with Crippen molar-refractivity contribution < 1.29 is 19.4 Å². The fraction of sp³-hybridized carbons (Fsp3) is 0.579. The number of carbonyl (C=O) groups excluding carboxylic acids is 1. The van der Waals surface area contributed by atoms with Crippen molar-refractivity contribution >= 4 is 33.7 Å². The second kappa shape index (κ2) is 8.29. The van der Waals surface area contributed by atoms with E-state index in [0.29, 0.717) is 5.56 Å². The summed E-state index contributed by atoms with van der Waals surface area (Å²) >= 11 is 3.38. The van der Waals surface area contributed by atoms with Gasteiger partial charge in [-0.25, -0.2) is 9.59 Å². The highest BCUT2D eigenvalue weighted by atomic mass is 79.9. The fourth-order valence-electron chi connectivity index (χ4n) is 3.13. The number of carbonyl (C=O) groups is 2. The molecule has 0 aromatic heterocycles. The molecule has 1 saturated carbocycles. The quantitative estimate of drug-likeness (QED) is 0.648. The first kappa shape index (κ1) is 20.6. The largest absolute Gasteiger partial charge is 0.478 e. The predicted molar refractivity (Wildman–Crippen MR) is 105 cm³/mol. The van der Waals surface area contributed by atoms with Gasteiger partial charge in [0.05, 0.1) is 5.56 Å². The third kappa shape index (κ3) is 5.90. The Labute approximate surface area is 162 Å². The van der Waals surface area contributed by atoms with Gasteiger partial charge < -0.3 is 20.5 Å². The zero-order chi connectivity index (χ0) is 19.5. The molecule has 3 N–H and O–H groups in total. The van der Waals surface area contributed by atoms with E-state index in [-0.39, 0.29) is 18.2 Å². The van der Waals surface area contributed by atoms with Crippen molar-refractivity contribution in [3.63, 3.8) is 0 Å². The molecule has 0 spiro atoms. The Bertz CT molecular complexity index is 677. The molecule has 0 saturated heterocycles. The highest BCUT2D eigenvalue weighted by Crippen LogP contribution is 2.29. The summed E-state index contributed by atoms with van der Waals surface area (Å²) in [5, 5.41) is 15.7. The SMILES string of the molecule is Cc1c(NC2CCC(NC(=O)OC(C)(C)C)CC2)cc(Br)cc1C(=O)O. The van der Waals surface area contributed by atoms with Crippen LogP contribution in [-0.2, 0) is 4.74 Å². The Morgan fingerprint density at radius 1 is 1.15 bits per heavy atom. The molecule has 1 fully saturated rings. The summed E-state index contributed by atoms with van der Waals surface area (Å²) in [6.45, 7) is 7.35. The van der Waals surface area contributed by atoms with E-state index in [9.17, 15) is 14.7 Å². The molecule has 1 aromatic rings. The molecule has 7 heteroatoms. The molecule has 2 rings (SSSR count). The van der Waals surface area contributed by atoms with Gasteiger partial charge in [-0.2, -0.15) is 0 Å². The van der Waals surface area contributed by atoms with Gasteiger partial charge in [-0.3, -0.25) is 0 Å². The Kier molecular flexibility index (Phi) is 6.55. The second-order valence-corrected chi connectivity index (χ2v) is 8.69. The smallest absolute Gasteiger partial charge is 0.407 e. The molecule has 1 aliphatic rings. The first-order chi connectivity index (χ1) is 12.0. The molecule has 0 atom stereocenters. The molecule has 0 unspecified atom stereocenters. The molecule has 6 nitrogen and oxygen atoms in total. The average Bonchev–Trinajstić information content (AvgIpc) is 2.50. The number of carboxylic acids is 1. The van der Waals surface area contributed by atoms with Crippen LogP contribution in [0, 0.1) is 6.92 Å². The van der Waals surface area contributed by atoms with Gasteiger partial charge in [-0.1, -0.05) is 15.9 Å². The van der Waals surface area contributed by atoms with Gasteiger partial charge in [0.25, 0.3) is 0 Å². The van der Waals surface area contributed by atoms with Crippen molar-refractivity contribution in [2.45, 2.75) is 71.1 Å². The number of halogens is 1. The Morgan fingerprint density at radius 3 is 2.27 bits per heavy atom. The predicted octanol–water partition coefficient (Wildman–Crippen LogP) is 4.70. The van der Waals surface area contributed by atoms with E-state index in [4.69, 9.17) is 4.74 Å². The van der Waals surface area contributed by atoms with Crippen molar-refractivity contribution in [2.24, 2.45) is 0 Å². The first-order valence-corrected chi connectivity index (χ1v) is 9.64. The van der Waals surface area contributed by atoms with Crippen LogP contribution in [0.4, 0.5) is 10.5 Å². The van der Waals surface area contributed by atoms with E-state index in [2.05, 4.69) is 26.6 Å². The number of rotatable bonds is 4. The highest BCUT2D eigenvalue weighted by molar-refractivity contribution is 9.10. The molecule has 0 aliphatic heterocycles. The lowest BCUT2D eigenvalue weighted by molar-refractivity contribution is 0.0491. The van der Waals surface area contributed by atoms with E-state index in [1.165, 1.54) is 0 Å². The lowest BCUT2D eigenvalue weighted by Gasteiger charge is -2.31. The number of anilines is 1. The normalized spacial score (nSPS) is 20.3. The maximum Gasteiger partial charge on any atom is 0.407 e. The molecule has 0 heterocycles.